The third-order valence-corrected chi connectivity index (χ3v) is 3.46. The fourth-order valence-corrected chi connectivity index (χ4v) is 2.47. The molecule has 2 aromatic rings. The largest absolute Gasteiger partial charge is 0.366 e. The van der Waals surface area contributed by atoms with Crippen molar-refractivity contribution in [1.82, 2.24) is 14.5 Å². The summed E-state index contributed by atoms with van der Waals surface area (Å²) in [6.45, 7) is 5.95. The van der Waals surface area contributed by atoms with E-state index in [-0.39, 0.29) is 5.92 Å². The van der Waals surface area contributed by atoms with Gasteiger partial charge in [0.1, 0.15) is 5.65 Å². The SMILES string of the molecule is CC(C)c1c(C(N)=O)cnc2c1ccn2CCN(C)C. The Labute approximate surface area is 119 Å². The number of pyridine rings is 1. The molecule has 0 atom stereocenters. The van der Waals surface area contributed by atoms with E-state index >= 15 is 0 Å². The topological polar surface area (TPSA) is 64.2 Å². The van der Waals surface area contributed by atoms with E-state index in [0.29, 0.717) is 5.56 Å². The Balaban J connectivity index is 2.53. The Hall–Kier alpha value is -1.88. The van der Waals surface area contributed by atoms with Crippen molar-refractivity contribution in [2.45, 2.75) is 26.3 Å². The van der Waals surface area contributed by atoms with Gasteiger partial charge in [-0.1, -0.05) is 13.8 Å². The molecule has 5 heteroatoms. The summed E-state index contributed by atoms with van der Waals surface area (Å²) in [6, 6.07) is 2.03. The number of aromatic nitrogens is 2. The molecule has 0 aliphatic rings. The van der Waals surface area contributed by atoms with Gasteiger partial charge in [0.2, 0.25) is 0 Å². The minimum absolute atomic E-state index is 0.229. The Morgan fingerprint density at radius 2 is 2.15 bits per heavy atom. The molecule has 0 radical (unpaired) electrons. The van der Waals surface area contributed by atoms with E-state index in [4.69, 9.17) is 5.73 Å². The molecule has 0 unspecified atom stereocenters. The minimum atomic E-state index is -0.413. The molecule has 2 N–H and O–H groups in total. The number of fused-ring (bicyclic) bond motifs is 1. The van der Waals surface area contributed by atoms with Crippen LogP contribution in [0.15, 0.2) is 18.5 Å². The minimum Gasteiger partial charge on any atom is -0.366 e. The average molecular weight is 274 g/mol. The zero-order valence-corrected chi connectivity index (χ0v) is 12.6. The predicted octanol–water partition coefficient (Wildman–Crippen LogP) is 1.82. The summed E-state index contributed by atoms with van der Waals surface area (Å²) in [5.41, 5.74) is 7.89. The van der Waals surface area contributed by atoms with E-state index in [9.17, 15) is 4.79 Å². The zero-order valence-electron chi connectivity index (χ0n) is 12.6. The lowest BCUT2D eigenvalue weighted by Gasteiger charge is -2.14. The first-order valence-corrected chi connectivity index (χ1v) is 6.84. The van der Waals surface area contributed by atoms with Crippen molar-refractivity contribution in [2.24, 2.45) is 5.73 Å². The van der Waals surface area contributed by atoms with Crippen molar-refractivity contribution in [3.8, 4) is 0 Å². The van der Waals surface area contributed by atoms with Crippen LogP contribution >= 0.6 is 0 Å². The number of primary amides is 1. The van der Waals surface area contributed by atoms with E-state index in [1.807, 2.05) is 26.4 Å². The quantitative estimate of drug-likeness (QED) is 0.904. The molecular weight excluding hydrogens is 252 g/mol. The first-order valence-electron chi connectivity index (χ1n) is 6.84. The van der Waals surface area contributed by atoms with Crippen LogP contribution < -0.4 is 5.73 Å². The Kier molecular flexibility index (Phi) is 4.09. The van der Waals surface area contributed by atoms with Crippen molar-refractivity contribution in [1.29, 1.82) is 0 Å². The van der Waals surface area contributed by atoms with Crippen molar-refractivity contribution >= 4 is 16.9 Å². The molecule has 0 saturated heterocycles. The highest BCUT2D eigenvalue weighted by molar-refractivity contribution is 5.99. The molecule has 1 amide bonds. The van der Waals surface area contributed by atoms with Gasteiger partial charge in [-0.05, 0) is 31.6 Å². The molecule has 5 nitrogen and oxygen atoms in total. The van der Waals surface area contributed by atoms with Gasteiger partial charge in [-0.2, -0.15) is 0 Å². The van der Waals surface area contributed by atoms with Crippen molar-refractivity contribution in [3.05, 3.63) is 29.6 Å². The molecule has 2 rings (SSSR count). The van der Waals surface area contributed by atoms with Crippen molar-refractivity contribution < 1.29 is 4.79 Å². The van der Waals surface area contributed by atoms with Crippen LogP contribution in [0, 0.1) is 0 Å². The van der Waals surface area contributed by atoms with Gasteiger partial charge < -0.3 is 15.2 Å². The fraction of sp³-hybridized carbons (Fsp3) is 0.467. The molecule has 0 aliphatic heterocycles. The third-order valence-electron chi connectivity index (χ3n) is 3.46. The van der Waals surface area contributed by atoms with Gasteiger partial charge >= 0.3 is 0 Å². The lowest BCUT2D eigenvalue weighted by atomic mass is 9.95. The first kappa shape index (κ1) is 14.5. The van der Waals surface area contributed by atoms with Gasteiger partial charge in [0.15, 0.2) is 0 Å². The van der Waals surface area contributed by atoms with Crippen molar-refractivity contribution in [2.75, 3.05) is 20.6 Å². The zero-order chi connectivity index (χ0) is 14.9. The summed E-state index contributed by atoms with van der Waals surface area (Å²) in [5.74, 6) is -0.183. The maximum Gasteiger partial charge on any atom is 0.250 e. The fourth-order valence-electron chi connectivity index (χ4n) is 2.47. The number of carbonyl (C=O) groups excluding carboxylic acids is 1. The second kappa shape index (κ2) is 5.63. The summed E-state index contributed by atoms with van der Waals surface area (Å²) in [4.78, 5) is 18.1. The molecule has 0 fully saturated rings. The second-order valence-electron chi connectivity index (χ2n) is 5.65. The van der Waals surface area contributed by atoms with Gasteiger partial charge in [-0.15, -0.1) is 0 Å². The van der Waals surface area contributed by atoms with Gasteiger partial charge in [0, 0.05) is 30.9 Å². The smallest absolute Gasteiger partial charge is 0.250 e. The molecule has 0 aromatic carbocycles. The first-order chi connectivity index (χ1) is 9.41. The summed E-state index contributed by atoms with van der Waals surface area (Å²) in [7, 11) is 4.09. The number of hydrogen-bond donors (Lipinski definition) is 1. The van der Waals surface area contributed by atoms with Crippen LogP contribution in [0.1, 0.15) is 35.7 Å². The summed E-state index contributed by atoms with van der Waals surface area (Å²) < 4.78 is 2.12. The standard InChI is InChI=1S/C15H22N4O/c1-10(2)13-11-5-6-19(8-7-18(3)4)15(11)17-9-12(13)14(16)20/h5-6,9-10H,7-8H2,1-4H3,(H2,16,20). The summed E-state index contributed by atoms with van der Waals surface area (Å²) in [5, 5.41) is 1.02. The van der Waals surface area contributed by atoms with Crippen LogP contribution in [0.5, 0.6) is 0 Å². The van der Waals surface area contributed by atoms with Gasteiger partial charge in [0.05, 0.1) is 5.56 Å². The monoisotopic (exact) mass is 274 g/mol. The van der Waals surface area contributed by atoms with Crippen LogP contribution in [-0.2, 0) is 6.54 Å². The second-order valence-corrected chi connectivity index (χ2v) is 5.65. The molecule has 0 aliphatic carbocycles. The molecule has 2 aromatic heterocycles. The highest BCUT2D eigenvalue weighted by Crippen LogP contribution is 2.28. The van der Waals surface area contributed by atoms with Crippen molar-refractivity contribution in [3.63, 3.8) is 0 Å². The third kappa shape index (κ3) is 2.67. The Morgan fingerprint density at radius 3 is 2.70 bits per heavy atom. The Bertz CT molecular complexity index is 628. The molecule has 0 bridgehead atoms. The van der Waals surface area contributed by atoms with Crippen LogP contribution in [0.3, 0.4) is 0 Å². The predicted molar refractivity (Wildman–Crippen MR) is 80.9 cm³/mol. The lowest BCUT2D eigenvalue weighted by Crippen LogP contribution is -2.18. The number of nitrogens with two attached hydrogens (primary N) is 1. The lowest BCUT2D eigenvalue weighted by molar-refractivity contribution is 0.0999. The summed E-state index contributed by atoms with van der Waals surface area (Å²) in [6.07, 6.45) is 3.63. The number of hydrogen-bond acceptors (Lipinski definition) is 3. The molecule has 2 heterocycles. The molecular formula is C15H22N4O. The van der Waals surface area contributed by atoms with Crippen LogP contribution in [-0.4, -0.2) is 41.0 Å². The van der Waals surface area contributed by atoms with Gasteiger partial charge in [-0.3, -0.25) is 4.79 Å². The molecule has 0 spiro atoms. The van der Waals surface area contributed by atoms with E-state index in [0.717, 1.165) is 29.7 Å². The summed E-state index contributed by atoms with van der Waals surface area (Å²) >= 11 is 0. The number of carbonyl (C=O) groups is 1. The van der Waals surface area contributed by atoms with E-state index in [1.54, 1.807) is 6.20 Å². The average Bonchev–Trinajstić information content (AvgIpc) is 2.77. The van der Waals surface area contributed by atoms with E-state index in [1.165, 1.54) is 0 Å². The van der Waals surface area contributed by atoms with E-state index in [2.05, 4.69) is 28.3 Å². The maximum absolute atomic E-state index is 11.6. The van der Waals surface area contributed by atoms with Crippen LogP contribution in [0.2, 0.25) is 0 Å². The maximum atomic E-state index is 11.6. The highest BCUT2D eigenvalue weighted by atomic mass is 16.1. The molecule has 108 valence electrons. The number of rotatable bonds is 5. The highest BCUT2D eigenvalue weighted by Gasteiger charge is 2.17. The normalized spacial score (nSPS) is 11.7. The number of nitrogens with zero attached hydrogens (tertiary/aromatic N) is 3. The number of amides is 1. The molecule has 20 heavy (non-hydrogen) atoms. The van der Waals surface area contributed by atoms with Crippen LogP contribution in [0.25, 0.3) is 11.0 Å². The van der Waals surface area contributed by atoms with Crippen LogP contribution in [0.4, 0.5) is 0 Å². The molecule has 0 saturated carbocycles. The van der Waals surface area contributed by atoms with Gasteiger partial charge in [0.25, 0.3) is 5.91 Å². The van der Waals surface area contributed by atoms with E-state index < -0.39 is 5.91 Å². The van der Waals surface area contributed by atoms with Gasteiger partial charge in [-0.25, -0.2) is 4.98 Å². The number of likely N-dealkylation sites (N-methyl/N-ethyl adjacent to an activating group) is 1. The Morgan fingerprint density at radius 1 is 1.45 bits per heavy atom.